The highest BCUT2D eigenvalue weighted by Crippen LogP contribution is 2.17. The molecule has 0 amide bonds. The van der Waals surface area contributed by atoms with Crippen LogP contribution in [-0.2, 0) is 4.74 Å². The van der Waals surface area contributed by atoms with E-state index in [1.54, 1.807) is 0 Å². The quantitative estimate of drug-likeness (QED) is 0.377. The van der Waals surface area contributed by atoms with Crippen molar-refractivity contribution in [1.29, 1.82) is 0 Å². The van der Waals surface area contributed by atoms with Crippen LogP contribution in [0.1, 0.15) is 39.0 Å². The average molecular weight is 203 g/mol. The van der Waals surface area contributed by atoms with E-state index in [0.29, 0.717) is 12.0 Å². The Morgan fingerprint density at radius 3 is 3.00 bits per heavy atom. The summed E-state index contributed by atoms with van der Waals surface area (Å²) >= 11 is 5.75. The molecule has 0 saturated heterocycles. The number of unbranched alkanes of at least 4 members (excludes halogenated alkanes) is 2. The Balaban J connectivity index is 2.18. The Morgan fingerprint density at radius 2 is 2.31 bits per heavy atom. The Labute approximate surface area is 86.1 Å². The lowest BCUT2D eigenvalue weighted by Gasteiger charge is -2.24. The lowest BCUT2D eigenvalue weighted by molar-refractivity contribution is 0.0142. The highest BCUT2D eigenvalue weighted by Gasteiger charge is 2.16. The van der Waals surface area contributed by atoms with Crippen molar-refractivity contribution in [2.75, 3.05) is 5.88 Å². The second-order valence-electron chi connectivity index (χ2n) is 3.61. The van der Waals surface area contributed by atoms with Gasteiger partial charge >= 0.3 is 0 Å². The summed E-state index contributed by atoms with van der Waals surface area (Å²) in [6.07, 6.45) is 10.9. The summed E-state index contributed by atoms with van der Waals surface area (Å²) in [7, 11) is 0. The van der Waals surface area contributed by atoms with Crippen LogP contribution < -0.4 is 0 Å². The summed E-state index contributed by atoms with van der Waals surface area (Å²) < 4.78 is 5.76. The molecule has 0 aromatic rings. The first kappa shape index (κ1) is 11.1. The van der Waals surface area contributed by atoms with Crippen molar-refractivity contribution >= 4 is 11.6 Å². The molecule has 0 spiro atoms. The van der Waals surface area contributed by atoms with E-state index in [0.717, 1.165) is 12.8 Å². The minimum atomic E-state index is 0.248. The van der Waals surface area contributed by atoms with Gasteiger partial charge in [0.05, 0.1) is 12.2 Å². The molecule has 0 N–H and O–H groups in total. The Bertz CT molecular complexity index is 156. The zero-order chi connectivity index (χ0) is 9.52. The molecule has 1 heterocycles. The van der Waals surface area contributed by atoms with E-state index in [1.165, 1.54) is 19.3 Å². The van der Waals surface area contributed by atoms with Gasteiger partial charge in [0.2, 0.25) is 0 Å². The summed E-state index contributed by atoms with van der Waals surface area (Å²) in [6, 6.07) is 0. The topological polar surface area (TPSA) is 9.23 Å². The van der Waals surface area contributed by atoms with Gasteiger partial charge < -0.3 is 4.74 Å². The van der Waals surface area contributed by atoms with Gasteiger partial charge in [-0.3, -0.25) is 0 Å². The molecule has 0 radical (unpaired) electrons. The van der Waals surface area contributed by atoms with Crippen LogP contribution in [0.5, 0.6) is 0 Å². The lowest BCUT2D eigenvalue weighted by Crippen LogP contribution is -2.25. The largest absolute Gasteiger partial charge is 0.369 e. The summed E-state index contributed by atoms with van der Waals surface area (Å²) in [5.74, 6) is 0.620. The second kappa shape index (κ2) is 6.44. The highest BCUT2D eigenvalue weighted by molar-refractivity contribution is 6.18. The molecule has 1 aliphatic heterocycles. The van der Waals surface area contributed by atoms with E-state index in [2.05, 4.69) is 19.1 Å². The van der Waals surface area contributed by atoms with Gasteiger partial charge in [-0.25, -0.2) is 0 Å². The molecule has 13 heavy (non-hydrogen) atoms. The molecular formula is C11H19ClO. The van der Waals surface area contributed by atoms with Gasteiger partial charge in [-0.1, -0.05) is 38.3 Å². The van der Waals surface area contributed by atoms with Crippen molar-refractivity contribution in [1.82, 2.24) is 0 Å². The van der Waals surface area contributed by atoms with Crippen LogP contribution >= 0.6 is 11.6 Å². The number of rotatable bonds is 5. The first-order valence-corrected chi connectivity index (χ1v) is 5.78. The fourth-order valence-corrected chi connectivity index (χ4v) is 1.79. The Kier molecular flexibility index (Phi) is 5.49. The molecule has 0 fully saturated rings. The van der Waals surface area contributed by atoms with E-state index >= 15 is 0 Å². The maximum Gasteiger partial charge on any atom is 0.0760 e. The van der Waals surface area contributed by atoms with Crippen LogP contribution in [0.15, 0.2) is 12.2 Å². The van der Waals surface area contributed by atoms with Gasteiger partial charge in [0.15, 0.2) is 0 Å². The van der Waals surface area contributed by atoms with Crippen molar-refractivity contribution in [2.45, 2.75) is 51.2 Å². The second-order valence-corrected chi connectivity index (χ2v) is 3.92. The van der Waals surface area contributed by atoms with Crippen LogP contribution in [0, 0.1) is 0 Å². The smallest absolute Gasteiger partial charge is 0.0760 e. The van der Waals surface area contributed by atoms with Gasteiger partial charge in [-0.15, -0.1) is 11.6 Å². The van der Waals surface area contributed by atoms with Gasteiger partial charge in [-0.05, 0) is 12.8 Å². The fraction of sp³-hybridized carbons (Fsp3) is 0.818. The molecule has 0 aromatic heterocycles. The predicted molar refractivity (Wildman–Crippen MR) is 57.3 cm³/mol. The number of ether oxygens (including phenoxy) is 1. The molecule has 1 aliphatic rings. The molecule has 0 unspecified atom stereocenters. The molecule has 1 rings (SSSR count). The van der Waals surface area contributed by atoms with Gasteiger partial charge in [0.1, 0.15) is 0 Å². The molecule has 0 saturated carbocycles. The van der Waals surface area contributed by atoms with E-state index < -0.39 is 0 Å². The minimum absolute atomic E-state index is 0.248. The van der Waals surface area contributed by atoms with Crippen LogP contribution in [0.4, 0.5) is 0 Å². The van der Waals surface area contributed by atoms with Crippen molar-refractivity contribution in [2.24, 2.45) is 0 Å². The van der Waals surface area contributed by atoms with Crippen LogP contribution in [0.2, 0.25) is 0 Å². The van der Waals surface area contributed by atoms with Crippen molar-refractivity contribution in [3.8, 4) is 0 Å². The number of hydrogen-bond acceptors (Lipinski definition) is 1. The maximum absolute atomic E-state index is 5.76. The summed E-state index contributed by atoms with van der Waals surface area (Å²) in [4.78, 5) is 0. The zero-order valence-electron chi connectivity index (χ0n) is 8.34. The molecule has 0 aromatic carbocycles. The van der Waals surface area contributed by atoms with Crippen LogP contribution in [0.25, 0.3) is 0 Å². The maximum atomic E-state index is 5.76. The summed E-state index contributed by atoms with van der Waals surface area (Å²) in [5.41, 5.74) is 0. The van der Waals surface area contributed by atoms with Crippen molar-refractivity contribution < 1.29 is 4.74 Å². The van der Waals surface area contributed by atoms with Gasteiger partial charge in [0, 0.05) is 5.88 Å². The Hall–Kier alpha value is -0.0100. The zero-order valence-corrected chi connectivity index (χ0v) is 9.09. The SMILES string of the molecule is CCCCC[C@@H]1C=CC[C@H](CCl)O1. The van der Waals surface area contributed by atoms with Crippen LogP contribution in [-0.4, -0.2) is 18.1 Å². The van der Waals surface area contributed by atoms with Gasteiger partial charge in [0.25, 0.3) is 0 Å². The standard InChI is InChI=1S/C11H19ClO/c1-2-3-4-6-10-7-5-8-11(9-12)13-10/h5,7,10-11H,2-4,6,8-9H2,1H3/t10-,11-/m1/s1. The normalized spacial score (nSPS) is 27.8. The number of alkyl halides is 1. The molecule has 2 heteroatoms. The third-order valence-corrected chi connectivity index (χ3v) is 2.73. The molecule has 0 bridgehead atoms. The average Bonchev–Trinajstić information content (AvgIpc) is 2.19. The molecule has 2 atom stereocenters. The van der Waals surface area contributed by atoms with Gasteiger partial charge in [-0.2, -0.15) is 0 Å². The summed E-state index contributed by atoms with van der Waals surface area (Å²) in [5, 5.41) is 0. The van der Waals surface area contributed by atoms with Crippen LogP contribution in [0.3, 0.4) is 0 Å². The fourth-order valence-electron chi connectivity index (χ4n) is 1.59. The molecular weight excluding hydrogens is 184 g/mol. The van der Waals surface area contributed by atoms with E-state index in [9.17, 15) is 0 Å². The monoisotopic (exact) mass is 202 g/mol. The molecule has 0 aliphatic carbocycles. The van der Waals surface area contributed by atoms with E-state index in [-0.39, 0.29) is 6.10 Å². The van der Waals surface area contributed by atoms with E-state index in [4.69, 9.17) is 16.3 Å². The number of halogens is 1. The first-order chi connectivity index (χ1) is 6.36. The summed E-state index contributed by atoms with van der Waals surface area (Å²) in [6.45, 7) is 2.22. The highest BCUT2D eigenvalue weighted by atomic mass is 35.5. The Morgan fingerprint density at radius 1 is 1.46 bits per heavy atom. The first-order valence-electron chi connectivity index (χ1n) is 5.25. The van der Waals surface area contributed by atoms with E-state index in [1.807, 2.05) is 0 Å². The minimum Gasteiger partial charge on any atom is -0.369 e. The molecule has 1 nitrogen and oxygen atoms in total. The van der Waals surface area contributed by atoms with Crippen molar-refractivity contribution in [3.63, 3.8) is 0 Å². The lowest BCUT2D eigenvalue weighted by atomic mass is 10.1. The third-order valence-electron chi connectivity index (χ3n) is 2.38. The van der Waals surface area contributed by atoms with Crippen molar-refractivity contribution in [3.05, 3.63) is 12.2 Å². The number of hydrogen-bond donors (Lipinski definition) is 0. The third kappa shape index (κ3) is 4.15. The predicted octanol–water partition coefficient (Wildman–Crippen LogP) is 3.52. The molecule has 76 valence electrons.